The van der Waals surface area contributed by atoms with Crippen molar-refractivity contribution in [3.63, 3.8) is 0 Å². The van der Waals surface area contributed by atoms with Gasteiger partial charge in [0.15, 0.2) is 11.5 Å². The van der Waals surface area contributed by atoms with E-state index in [9.17, 15) is 4.79 Å². The molecule has 0 bridgehead atoms. The quantitative estimate of drug-likeness (QED) is 0.427. The molecule has 0 amide bonds. The van der Waals surface area contributed by atoms with Crippen molar-refractivity contribution in [1.82, 2.24) is 4.90 Å². The summed E-state index contributed by atoms with van der Waals surface area (Å²) in [5, 5.41) is -0.229. The molecule has 10 heteroatoms. The summed E-state index contributed by atoms with van der Waals surface area (Å²) >= 11 is 0. The van der Waals surface area contributed by atoms with Crippen LogP contribution in [0.2, 0.25) is 0 Å². The molecule has 2 heterocycles. The Balaban J connectivity index is 2.09. The van der Waals surface area contributed by atoms with Crippen molar-refractivity contribution < 1.29 is 19.0 Å². The summed E-state index contributed by atoms with van der Waals surface area (Å²) in [4.78, 5) is 15.5. The van der Waals surface area contributed by atoms with E-state index < -0.39 is 6.04 Å². The normalized spacial score (nSPS) is 26.4. The smallest absolute Gasteiger partial charge is 0.323 e. The predicted octanol–water partition coefficient (Wildman–Crippen LogP) is -0.639. The van der Waals surface area contributed by atoms with E-state index in [1.165, 1.54) is 11.1 Å². The third-order valence-corrected chi connectivity index (χ3v) is 8.66. The van der Waals surface area contributed by atoms with Crippen LogP contribution in [0.15, 0.2) is 12.1 Å². The summed E-state index contributed by atoms with van der Waals surface area (Å²) in [6, 6.07) is 3.79. The summed E-state index contributed by atoms with van der Waals surface area (Å²) in [5.74, 6) is 2.01. The van der Waals surface area contributed by atoms with Gasteiger partial charge in [0, 0.05) is 24.9 Å². The fourth-order valence-electron chi connectivity index (χ4n) is 5.83. The summed E-state index contributed by atoms with van der Waals surface area (Å²) < 4.78 is 17.5. The lowest BCUT2D eigenvalue weighted by atomic mass is 9.29. The Labute approximate surface area is 209 Å². The molecule has 1 fully saturated rings. The van der Waals surface area contributed by atoms with E-state index in [4.69, 9.17) is 19.9 Å². The second-order valence-corrected chi connectivity index (χ2v) is 12.0. The lowest BCUT2D eigenvalue weighted by Crippen LogP contribution is -2.71. The van der Waals surface area contributed by atoms with Gasteiger partial charge in [-0.3, -0.25) is 4.79 Å². The van der Waals surface area contributed by atoms with Gasteiger partial charge < -0.3 is 24.8 Å². The summed E-state index contributed by atoms with van der Waals surface area (Å²) in [5.41, 5.74) is 8.67. The van der Waals surface area contributed by atoms with Gasteiger partial charge in [0.2, 0.25) is 0 Å². The topological polar surface area (TPSA) is 74.0 Å². The number of fused-ring (bicyclic) bond motifs is 3. The number of piperidine rings is 1. The van der Waals surface area contributed by atoms with Crippen molar-refractivity contribution in [3.8, 4) is 11.5 Å². The van der Waals surface area contributed by atoms with Crippen LogP contribution in [0.3, 0.4) is 0 Å². The first kappa shape index (κ1) is 27.1. The number of rotatable bonds is 7. The van der Waals surface area contributed by atoms with Crippen LogP contribution in [-0.4, -0.2) is 80.5 Å². The van der Waals surface area contributed by atoms with Crippen molar-refractivity contribution in [2.45, 2.75) is 69.3 Å². The van der Waals surface area contributed by atoms with Crippen LogP contribution in [-0.2, 0) is 14.7 Å². The Morgan fingerprint density at radius 1 is 1.12 bits per heavy atom. The highest BCUT2D eigenvalue weighted by molar-refractivity contribution is 6.54. The minimum Gasteiger partial charge on any atom is -0.493 e. The number of nitrogens with two attached hydrogens (primary N) is 1. The van der Waals surface area contributed by atoms with Crippen molar-refractivity contribution in [3.05, 3.63) is 23.3 Å². The van der Waals surface area contributed by atoms with Gasteiger partial charge in [-0.2, -0.15) is 0 Å². The molecule has 1 saturated heterocycles. The van der Waals surface area contributed by atoms with Gasteiger partial charge in [0.25, 0.3) is 0 Å². The highest BCUT2D eigenvalue weighted by atomic mass is 16.5. The first-order chi connectivity index (χ1) is 15.8. The maximum absolute atomic E-state index is 12.9. The number of esters is 1. The zero-order valence-corrected chi connectivity index (χ0v) is 22.9. The van der Waals surface area contributed by atoms with Crippen LogP contribution in [0, 0.1) is 17.8 Å². The molecule has 3 rings (SSSR count). The molecule has 1 aromatic rings. The molecular formula is C24H42B4N2O4. The molecule has 0 radical (unpaired) electrons. The SMILES string of the molecule is BC1(B)c2cc(OC)c(OC)cc2C2CC(OC(=O)[C@@H](N)C(C)C)C(CC(C)C)CN2C1(B)B. The largest absolute Gasteiger partial charge is 0.493 e. The Bertz CT molecular complexity index is 909. The fourth-order valence-corrected chi connectivity index (χ4v) is 5.83. The number of benzene rings is 1. The zero-order valence-electron chi connectivity index (χ0n) is 22.9. The monoisotopic (exact) mass is 466 g/mol. The van der Waals surface area contributed by atoms with E-state index in [-0.39, 0.29) is 40.5 Å². The Morgan fingerprint density at radius 3 is 2.24 bits per heavy atom. The van der Waals surface area contributed by atoms with Crippen molar-refractivity contribution in [2.24, 2.45) is 23.5 Å². The number of methoxy groups -OCH3 is 2. The highest BCUT2D eigenvalue weighted by Gasteiger charge is 2.54. The van der Waals surface area contributed by atoms with Gasteiger partial charge in [0.05, 0.1) is 14.2 Å². The zero-order chi connectivity index (χ0) is 25.6. The number of carbonyl (C=O) groups is 1. The summed E-state index contributed by atoms with van der Waals surface area (Å²) in [6.07, 6.45) is 1.59. The van der Waals surface area contributed by atoms with Gasteiger partial charge in [-0.25, -0.2) is 0 Å². The van der Waals surface area contributed by atoms with Gasteiger partial charge in [-0.1, -0.05) is 32.9 Å². The maximum atomic E-state index is 12.9. The standard InChI is InChI=1S/C24H42B4N2O4/c1-12(2)7-14-11-30-17(10-18(14)34-22(31)21(29)13(3)4)15-8-19(32-5)20(33-6)9-16(15)23(25,26)24(30,27)28/h8-9,12-14,17-18,21H,7,10-11,25-29H2,1-6H3/t14?,17?,18?,21-/m0/s1. The summed E-state index contributed by atoms with van der Waals surface area (Å²) in [7, 11) is 12.7. The van der Waals surface area contributed by atoms with Gasteiger partial charge in [0.1, 0.15) is 43.5 Å². The van der Waals surface area contributed by atoms with E-state index in [1.807, 2.05) is 13.8 Å². The molecular weight excluding hydrogens is 424 g/mol. The fraction of sp³-hybridized carbons (Fsp3) is 0.708. The Morgan fingerprint density at radius 2 is 1.71 bits per heavy atom. The average molecular weight is 466 g/mol. The molecule has 0 saturated carbocycles. The molecule has 2 aliphatic heterocycles. The van der Waals surface area contributed by atoms with Crippen LogP contribution < -0.4 is 15.2 Å². The minimum atomic E-state index is -0.601. The number of carbonyl (C=O) groups excluding carboxylic acids is 1. The molecule has 1 aromatic carbocycles. The Hall–Kier alpha value is -1.53. The van der Waals surface area contributed by atoms with Crippen molar-refractivity contribution >= 4 is 37.4 Å². The highest BCUT2D eigenvalue weighted by Crippen LogP contribution is 2.52. The van der Waals surface area contributed by atoms with Crippen LogP contribution in [0.5, 0.6) is 11.5 Å². The van der Waals surface area contributed by atoms with Crippen LogP contribution in [0.4, 0.5) is 0 Å². The molecule has 34 heavy (non-hydrogen) atoms. The number of ether oxygens (including phenoxy) is 3. The molecule has 0 spiro atoms. The van der Waals surface area contributed by atoms with Crippen molar-refractivity contribution in [1.29, 1.82) is 0 Å². The van der Waals surface area contributed by atoms with Crippen LogP contribution in [0.1, 0.15) is 57.7 Å². The van der Waals surface area contributed by atoms with E-state index in [0.717, 1.165) is 30.9 Å². The third-order valence-electron chi connectivity index (χ3n) is 8.66. The van der Waals surface area contributed by atoms with Crippen LogP contribution in [0.25, 0.3) is 0 Å². The van der Waals surface area contributed by atoms with Gasteiger partial charge in [-0.05, 0) is 46.9 Å². The second-order valence-electron chi connectivity index (χ2n) is 12.0. The van der Waals surface area contributed by atoms with E-state index in [0.29, 0.717) is 5.92 Å². The minimum absolute atomic E-state index is 0.0444. The second kappa shape index (κ2) is 9.85. The number of hydrogen-bond donors (Lipinski definition) is 1. The molecule has 184 valence electrons. The van der Waals surface area contributed by atoms with E-state index in [1.54, 1.807) is 14.2 Å². The van der Waals surface area contributed by atoms with Gasteiger partial charge in [-0.15, -0.1) is 0 Å². The van der Waals surface area contributed by atoms with E-state index >= 15 is 0 Å². The lowest BCUT2D eigenvalue weighted by molar-refractivity contribution is -0.161. The first-order valence-corrected chi connectivity index (χ1v) is 12.7. The summed E-state index contributed by atoms with van der Waals surface area (Å²) in [6.45, 7) is 9.27. The third kappa shape index (κ3) is 4.65. The lowest BCUT2D eigenvalue weighted by Gasteiger charge is -2.62. The molecule has 0 aliphatic carbocycles. The van der Waals surface area contributed by atoms with E-state index in [2.05, 4.69) is 62.3 Å². The molecule has 0 aromatic heterocycles. The Kier molecular flexibility index (Phi) is 7.84. The molecule has 2 N–H and O–H groups in total. The number of nitrogens with zero attached hydrogens (tertiary/aromatic N) is 1. The average Bonchev–Trinajstić information content (AvgIpc) is 2.76. The van der Waals surface area contributed by atoms with Crippen molar-refractivity contribution in [2.75, 3.05) is 20.8 Å². The molecule has 4 atom stereocenters. The van der Waals surface area contributed by atoms with Gasteiger partial charge >= 0.3 is 5.97 Å². The number of hydrogen-bond acceptors (Lipinski definition) is 6. The first-order valence-electron chi connectivity index (χ1n) is 12.7. The molecule has 3 unspecified atom stereocenters. The maximum Gasteiger partial charge on any atom is 0.323 e. The molecule has 6 nitrogen and oxygen atoms in total. The molecule has 2 aliphatic rings. The van der Waals surface area contributed by atoms with Crippen LogP contribution >= 0.6 is 0 Å². The predicted molar refractivity (Wildman–Crippen MR) is 148 cm³/mol.